The smallest absolute Gasteiger partial charge is 0.265 e. The average Bonchev–Trinajstić information content (AvgIpc) is 2.89. The number of hydrogen-bond donors (Lipinski definition) is 1. The quantitative estimate of drug-likeness (QED) is 0.757. The molecule has 2 atom stereocenters. The lowest BCUT2D eigenvalue weighted by molar-refractivity contribution is -0.122. The maximum atomic E-state index is 11.5. The molecule has 4 heteroatoms. The Hall–Kier alpha value is -1.55. The molecule has 0 aromatic heterocycles. The van der Waals surface area contributed by atoms with E-state index in [4.69, 9.17) is 9.47 Å². The van der Waals surface area contributed by atoms with Gasteiger partial charge in [-0.25, -0.2) is 0 Å². The molecular weight excluding hydrogens is 218 g/mol. The highest BCUT2D eigenvalue weighted by molar-refractivity contribution is 5.97. The highest BCUT2D eigenvalue weighted by Gasteiger charge is 2.49. The van der Waals surface area contributed by atoms with Crippen molar-refractivity contribution in [1.29, 1.82) is 0 Å². The number of benzene rings is 1. The molecule has 90 valence electrons. The van der Waals surface area contributed by atoms with Crippen molar-refractivity contribution in [3.8, 4) is 5.75 Å². The van der Waals surface area contributed by atoms with Crippen LogP contribution in [-0.4, -0.2) is 17.6 Å². The minimum atomic E-state index is -0.429. The van der Waals surface area contributed by atoms with E-state index in [0.717, 1.165) is 17.0 Å². The van der Waals surface area contributed by atoms with Crippen molar-refractivity contribution >= 4 is 11.6 Å². The molecule has 4 nitrogen and oxygen atoms in total. The number of hydrogen-bond acceptors (Lipinski definition) is 3. The number of anilines is 1. The van der Waals surface area contributed by atoms with Crippen LogP contribution in [0, 0.1) is 0 Å². The Morgan fingerprint density at radius 1 is 1.35 bits per heavy atom. The number of fused-ring (bicyclic) bond motifs is 1. The molecular formula is C13H15NO3. The second-order valence-corrected chi connectivity index (χ2v) is 5.11. The fourth-order valence-electron chi connectivity index (χ4n) is 2.13. The molecule has 1 aromatic carbocycles. The van der Waals surface area contributed by atoms with Gasteiger partial charge in [0.25, 0.3) is 5.91 Å². The zero-order chi connectivity index (χ0) is 12.2. The molecule has 1 fully saturated rings. The molecule has 1 aromatic rings. The first kappa shape index (κ1) is 10.6. The fraction of sp³-hybridized carbons (Fsp3) is 0.462. The van der Waals surface area contributed by atoms with Crippen LogP contribution >= 0.6 is 0 Å². The van der Waals surface area contributed by atoms with Gasteiger partial charge in [0.1, 0.15) is 11.9 Å². The number of nitrogens with one attached hydrogen (secondary N) is 1. The van der Waals surface area contributed by atoms with Crippen molar-refractivity contribution in [3.05, 3.63) is 23.8 Å². The van der Waals surface area contributed by atoms with E-state index in [-0.39, 0.29) is 17.6 Å². The maximum Gasteiger partial charge on any atom is 0.265 e. The van der Waals surface area contributed by atoms with Crippen LogP contribution in [0.4, 0.5) is 5.69 Å². The third kappa shape index (κ3) is 1.69. The lowest BCUT2D eigenvalue weighted by Crippen LogP contribution is -2.34. The van der Waals surface area contributed by atoms with Crippen LogP contribution in [0.15, 0.2) is 18.2 Å². The average molecular weight is 233 g/mol. The first-order valence-corrected chi connectivity index (χ1v) is 5.77. The summed E-state index contributed by atoms with van der Waals surface area (Å²) in [5.41, 5.74) is 1.71. The monoisotopic (exact) mass is 233 g/mol. The van der Waals surface area contributed by atoms with Gasteiger partial charge in [-0.1, -0.05) is 6.07 Å². The van der Waals surface area contributed by atoms with Gasteiger partial charge in [0.05, 0.1) is 11.3 Å². The molecule has 17 heavy (non-hydrogen) atoms. The molecule has 1 N–H and O–H groups in total. The fourth-order valence-corrected chi connectivity index (χ4v) is 2.13. The van der Waals surface area contributed by atoms with Crippen LogP contribution in [0.5, 0.6) is 5.75 Å². The Labute approximate surface area is 99.9 Å². The summed E-state index contributed by atoms with van der Waals surface area (Å²) in [5, 5.41) is 2.84. The van der Waals surface area contributed by atoms with E-state index >= 15 is 0 Å². The summed E-state index contributed by atoms with van der Waals surface area (Å²) in [5.74, 6) is 0.616. The molecule has 2 aliphatic rings. The summed E-state index contributed by atoms with van der Waals surface area (Å²) in [6.07, 6.45) is -0.314. The Morgan fingerprint density at radius 2 is 2.06 bits per heavy atom. The number of ether oxygens (including phenoxy) is 2. The van der Waals surface area contributed by atoms with Gasteiger partial charge in [0.2, 0.25) is 0 Å². The van der Waals surface area contributed by atoms with Crippen molar-refractivity contribution in [2.45, 2.75) is 38.6 Å². The molecule has 1 saturated heterocycles. The summed E-state index contributed by atoms with van der Waals surface area (Å²) in [4.78, 5) is 11.5. The molecule has 0 aliphatic carbocycles. The van der Waals surface area contributed by atoms with E-state index in [1.807, 2.05) is 32.0 Å². The molecule has 1 amide bonds. The molecule has 0 spiro atoms. The predicted molar refractivity (Wildman–Crippen MR) is 63.1 cm³/mol. The topological polar surface area (TPSA) is 50.9 Å². The third-order valence-corrected chi connectivity index (χ3v) is 3.23. The lowest BCUT2D eigenvalue weighted by atomic mass is 10.0. The highest BCUT2D eigenvalue weighted by atomic mass is 16.6. The molecule has 0 radical (unpaired) electrons. The zero-order valence-corrected chi connectivity index (χ0v) is 10.1. The number of carbonyl (C=O) groups is 1. The first-order chi connectivity index (χ1) is 7.97. The second kappa shape index (κ2) is 3.23. The van der Waals surface area contributed by atoms with Crippen LogP contribution in [0.1, 0.15) is 32.4 Å². The summed E-state index contributed by atoms with van der Waals surface area (Å²) >= 11 is 0. The third-order valence-electron chi connectivity index (χ3n) is 3.23. The van der Waals surface area contributed by atoms with Crippen molar-refractivity contribution in [3.63, 3.8) is 0 Å². The number of epoxide rings is 1. The predicted octanol–water partition coefficient (Wildman–Crippen LogP) is 2.26. The van der Waals surface area contributed by atoms with Crippen LogP contribution in [-0.2, 0) is 9.53 Å². The second-order valence-electron chi connectivity index (χ2n) is 5.11. The molecule has 0 saturated carbocycles. The summed E-state index contributed by atoms with van der Waals surface area (Å²) in [6.45, 7) is 5.84. The van der Waals surface area contributed by atoms with Crippen LogP contribution in [0.25, 0.3) is 0 Å². The lowest BCUT2D eigenvalue weighted by Gasteiger charge is -2.23. The molecule has 2 heterocycles. The maximum absolute atomic E-state index is 11.5. The van der Waals surface area contributed by atoms with Gasteiger partial charge in [-0.3, -0.25) is 4.79 Å². The Morgan fingerprint density at radius 3 is 2.71 bits per heavy atom. The van der Waals surface area contributed by atoms with Gasteiger partial charge in [0, 0.05) is 0 Å². The zero-order valence-electron chi connectivity index (χ0n) is 10.1. The SMILES string of the molecule is CC1Oc2ccc(C3OC3(C)C)cc2NC1=O. The molecule has 0 bridgehead atoms. The van der Waals surface area contributed by atoms with Crippen molar-refractivity contribution < 1.29 is 14.3 Å². The van der Waals surface area contributed by atoms with Gasteiger partial charge in [-0.15, -0.1) is 0 Å². The Balaban J connectivity index is 1.92. The van der Waals surface area contributed by atoms with Crippen LogP contribution in [0.3, 0.4) is 0 Å². The van der Waals surface area contributed by atoms with E-state index in [2.05, 4.69) is 5.32 Å². The van der Waals surface area contributed by atoms with E-state index in [0.29, 0.717) is 0 Å². The minimum absolute atomic E-state index is 0.0962. The van der Waals surface area contributed by atoms with E-state index in [1.165, 1.54) is 0 Å². The largest absolute Gasteiger partial charge is 0.479 e. The summed E-state index contributed by atoms with van der Waals surface area (Å²) < 4.78 is 11.1. The van der Waals surface area contributed by atoms with Gasteiger partial charge in [0.15, 0.2) is 6.10 Å². The molecule has 2 unspecified atom stereocenters. The first-order valence-electron chi connectivity index (χ1n) is 5.77. The van der Waals surface area contributed by atoms with Crippen molar-refractivity contribution in [1.82, 2.24) is 0 Å². The van der Waals surface area contributed by atoms with Gasteiger partial charge in [-0.05, 0) is 38.5 Å². The van der Waals surface area contributed by atoms with Crippen LogP contribution < -0.4 is 10.1 Å². The minimum Gasteiger partial charge on any atom is -0.479 e. The number of amides is 1. The number of carbonyl (C=O) groups excluding carboxylic acids is 1. The van der Waals surface area contributed by atoms with E-state index in [9.17, 15) is 4.79 Å². The Bertz CT molecular complexity index is 495. The van der Waals surface area contributed by atoms with Gasteiger partial charge >= 0.3 is 0 Å². The molecule has 2 aliphatic heterocycles. The molecule has 3 rings (SSSR count). The van der Waals surface area contributed by atoms with E-state index in [1.54, 1.807) is 6.92 Å². The normalized spacial score (nSPS) is 29.0. The standard InChI is InChI=1S/C13H15NO3/c1-7-12(15)14-9-6-8(4-5-10(9)16-7)11-13(2,3)17-11/h4-7,11H,1-3H3,(H,14,15). The summed E-state index contributed by atoms with van der Waals surface area (Å²) in [7, 11) is 0. The Kier molecular flexibility index (Phi) is 2.01. The van der Waals surface area contributed by atoms with E-state index < -0.39 is 6.10 Å². The highest BCUT2D eigenvalue weighted by Crippen LogP contribution is 2.50. The summed E-state index contributed by atoms with van der Waals surface area (Å²) in [6, 6.07) is 5.80. The van der Waals surface area contributed by atoms with Crippen molar-refractivity contribution in [2.75, 3.05) is 5.32 Å². The van der Waals surface area contributed by atoms with Crippen molar-refractivity contribution in [2.24, 2.45) is 0 Å². The van der Waals surface area contributed by atoms with Gasteiger partial charge < -0.3 is 14.8 Å². The number of rotatable bonds is 1. The van der Waals surface area contributed by atoms with Crippen LogP contribution in [0.2, 0.25) is 0 Å². The van der Waals surface area contributed by atoms with Gasteiger partial charge in [-0.2, -0.15) is 0 Å².